The van der Waals surface area contributed by atoms with Crippen LogP contribution in [0.2, 0.25) is 0 Å². The molecule has 0 bridgehead atoms. The second kappa shape index (κ2) is 15.9. The first-order valence-electron chi connectivity index (χ1n) is 16.9. The number of carbonyl (C=O) groups excluding carboxylic acids is 3. The van der Waals surface area contributed by atoms with Gasteiger partial charge in [-0.1, -0.05) is 30.3 Å². The molecule has 50 heavy (non-hydrogen) atoms. The summed E-state index contributed by atoms with van der Waals surface area (Å²) >= 11 is 0. The van der Waals surface area contributed by atoms with E-state index in [9.17, 15) is 24.3 Å². The molecule has 2 amide bonds. The van der Waals surface area contributed by atoms with E-state index in [2.05, 4.69) is 31.3 Å². The Morgan fingerprint density at radius 3 is 2.36 bits per heavy atom. The van der Waals surface area contributed by atoms with Crippen LogP contribution in [0.1, 0.15) is 74.4 Å². The number of hydrogen-bond acceptors (Lipinski definition) is 8. The van der Waals surface area contributed by atoms with Crippen molar-refractivity contribution in [2.45, 2.75) is 71.8 Å². The fourth-order valence-electron chi connectivity index (χ4n) is 6.34. The zero-order valence-electron chi connectivity index (χ0n) is 28.9. The van der Waals surface area contributed by atoms with Gasteiger partial charge in [0.2, 0.25) is 11.7 Å². The highest BCUT2D eigenvalue weighted by molar-refractivity contribution is 5.96. The van der Waals surface area contributed by atoms with Crippen molar-refractivity contribution < 1.29 is 29.0 Å². The van der Waals surface area contributed by atoms with Gasteiger partial charge in [0.05, 0.1) is 5.56 Å². The average molecular weight is 681 g/mol. The Bertz CT molecular complexity index is 1810. The number of nitrogens with one attached hydrogen (secondary N) is 3. The SMILES string of the molecule is Cc1ccc(C(=O)O)cc1-c1cccc(C[C@H](CC(=O)C2CCC(CNC(=O)OC(C)(C)C)CC2)C(=O)Nc2ccc(-c3nn[nH]n3)cc2)c1. The number of rotatable bonds is 12. The van der Waals surface area contributed by atoms with Gasteiger partial charge in [0.1, 0.15) is 11.4 Å². The summed E-state index contributed by atoms with van der Waals surface area (Å²) in [6.07, 6.45) is 2.94. The molecule has 0 unspecified atom stereocenters. The van der Waals surface area contributed by atoms with Crippen LogP contribution in [0, 0.1) is 24.7 Å². The largest absolute Gasteiger partial charge is 0.478 e. The number of Topliss-reactive ketones (excluding diaryl/α,β-unsaturated/α-hetero) is 1. The molecule has 1 aromatic heterocycles. The number of tetrazole rings is 1. The zero-order chi connectivity index (χ0) is 35.8. The molecule has 4 aromatic rings. The number of H-pyrrole nitrogens is 1. The van der Waals surface area contributed by atoms with Gasteiger partial charge in [0.25, 0.3) is 0 Å². The lowest BCUT2D eigenvalue weighted by molar-refractivity contribution is -0.129. The molecule has 0 saturated heterocycles. The van der Waals surface area contributed by atoms with E-state index in [4.69, 9.17) is 4.74 Å². The maximum absolute atomic E-state index is 13.9. The number of aromatic amines is 1. The molecule has 12 heteroatoms. The fourth-order valence-corrected chi connectivity index (χ4v) is 6.34. The Morgan fingerprint density at radius 1 is 0.960 bits per heavy atom. The third-order valence-electron chi connectivity index (χ3n) is 9.02. The number of anilines is 1. The predicted octanol–water partition coefficient (Wildman–Crippen LogP) is 6.63. The smallest absolute Gasteiger partial charge is 0.407 e. The maximum Gasteiger partial charge on any atom is 0.407 e. The van der Waals surface area contributed by atoms with E-state index >= 15 is 0 Å². The number of ketones is 1. The first-order valence-corrected chi connectivity index (χ1v) is 16.9. The third kappa shape index (κ3) is 9.83. The molecule has 12 nitrogen and oxygen atoms in total. The van der Waals surface area contributed by atoms with Crippen LogP contribution in [0.4, 0.5) is 10.5 Å². The highest BCUT2D eigenvalue weighted by Crippen LogP contribution is 2.32. The summed E-state index contributed by atoms with van der Waals surface area (Å²) in [5, 5.41) is 29.4. The second-order valence-corrected chi connectivity index (χ2v) is 14.0. The number of amides is 2. The number of aromatic carboxylic acids is 1. The van der Waals surface area contributed by atoms with Crippen LogP contribution >= 0.6 is 0 Å². The minimum absolute atomic E-state index is 0.0531. The van der Waals surface area contributed by atoms with Crippen molar-refractivity contribution in [3.63, 3.8) is 0 Å². The zero-order valence-corrected chi connectivity index (χ0v) is 28.9. The molecule has 1 heterocycles. The lowest BCUT2D eigenvalue weighted by Crippen LogP contribution is -2.37. The lowest BCUT2D eigenvalue weighted by Gasteiger charge is -2.29. The van der Waals surface area contributed by atoms with Crippen LogP contribution in [0.5, 0.6) is 0 Å². The number of ether oxygens (including phenoxy) is 1. The van der Waals surface area contributed by atoms with Crippen molar-refractivity contribution in [1.82, 2.24) is 25.9 Å². The van der Waals surface area contributed by atoms with Crippen LogP contribution in [0.15, 0.2) is 66.7 Å². The number of carboxylic acids is 1. The number of benzene rings is 3. The van der Waals surface area contributed by atoms with Gasteiger partial charge in [0, 0.05) is 36.1 Å². The molecule has 262 valence electrons. The summed E-state index contributed by atoms with van der Waals surface area (Å²) in [7, 11) is 0. The molecule has 1 saturated carbocycles. The Balaban J connectivity index is 1.29. The molecule has 0 spiro atoms. The third-order valence-corrected chi connectivity index (χ3v) is 9.02. The number of aromatic nitrogens is 4. The van der Waals surface area contributed by atoms with Crippen LogP contribution in [0.3, 0.4) is 0 Å². The van der Waals surface area contributed by atoms with Crippen molar-refractivity contribution in [2.24, 2.45) is 17.8 Å². The summed E-state index contributed by atoms with van der Waals surface area (Å²) < 4.78 is 5.35. The van der Waals surface area contributed by atoms with Crippen molar-refractivity contribution in [2.75, 3.05) is 11.9 Å². The summed E-state index contributed by atoms with van der Waals surface area (Å²) in [4.78, 5) is 51.4. The van der Waals surface area contributed by atoms with Crippen molar-refractivity contribution in [3.8, 4) is 22.5 Å². The van der Waals surface area contributed by atoms with E-state index < -0.39 is 23.6 Å². The number of nitrogens with zero attached hydrogens (tertiary/aromatic N) is 3. The summed E-state index contributed by atoms with van der Waals surface area (Å²) in [6.45, 7) is 7.89. The second-order valence-electron chi connectivity index (χ2n) is 14.0. The molecule has 1 aliphatic rings. The highest BCUT2D eigenvalue weighted by atomic mass is 16.6. The van der Waals surface area contributed by atoms with Gasteiger partial charge < -0.3 is 20.5 Å². The average Bonchev–Trinajstić information content (AvgIpc) is 3.62. The Labute approximate surface area is 291 Å². The van der Waals surface area contributed by atoms with Gasteiger partial charge in [-0.25, -0.2) is 9.59 Å². The molecule has 1 atom stereocenters. The predicted molar refractivity (Wildman–Crippen MR) is 188 cm³/mol. The first-order chi connectivity index (χ1) is 23.8. The molecule has 0 radical (unpaired) electrons. The van der Waals surface area contributed by atoms with E-state index in [1.54, 1.807) is 42.5 Å². The van der Waals surface area contributed by atoms with Gasteiger partial charge in [-0.2, -0.15) is 5.21 Å². The maximum atomic E-state index is 13.9. The highest BCUT2D eigenvalue weighted by Gasteiger charge is 2.31. The normalized spacial score (nSPS) is 16.6. The summed E-state index contributed by atoms with van der Waals surface area (Å²) in [6, 6.07) is 19.8. The number of alkyl carbamates (subject to hydrolysis) is 1. The Hall–Kier alpha value is -5.39. The van der Waals surface area contributed by atoms with Crippen LogP contribution < -0.4 is 10.6 Å². The molecule has 5 rings (SSSR count). The molecule has 3 aromatic carbocycles. The fraction of sp³-hybridized carbons (Fsp3) is 0.395. The Morgan fingerprint density at radius 2 is 1.70 bits per heavy atom. The van der Waals surface area contributed by atoms with Crippen LogP contribution in [0.25, 0.3) is 22.5 Å². The van der Waals surface area contributed by atoms with Gasteiger partial charge >= 0.3 is 12.1 Å². The number of carbonyl (C=O) groups is 4. The molecule has 1 fully saturated rings. The number of hydrogen-bond donors (Lipinski definition) is 4. The first kappa shape index (κ1) is 35.9. The minimum atomic E-state index is -1.00. The van der Waals surface area contributed by atoms with E-state index in [1.165, 1.54) is 0 Å². The molecule has 0 aliphatic heterocycles. The lowest BCUT2D eigenvalue weighted by atomic mass is 9.77. The van der Waals surface area contributed by atoms with Crippen molar-refractivity contribution in [3.05, 3.63) is 83.4 Å². The number of aryl methyl sites for hydroxylation is 1. The van der Waals surface area contributed by atoms with E-state index in [0.29, 0.717) is 37.3 Å². The molecule has 4 N–H and O–H groups in total. The van der Waals surface area contributed by atoms with Gasteiger partial charge in [-0.3, -0.25) is 9.59 Å². The van der Waals surface area contributed by atoms with Gasteiger partial charge in [-0.15, -0.1) is 10.2 Å². The molecule has 1 aliphatic carbocycles. The van der Waals surface area contributed by atoms with Crippen LogP contribution in [-0.2, 0) is 20.7 Å². The van der Waals surface area contributed by atoms with Gasteiger partial charge in [0.15, 0.2) is 0 Å². The van der Waals surface area contributed by atoms with E-state index in [-0.39, 0.29) is 35.5 Å². The molecular weight excluding hydrogens is 636 g/mol. The number of carboxylic acid groups (broad SMARTS) is 1. The van der Waals surface area contributed by atoms with Gasteiger partial charge in [-0.05, 0) is 130 Å². The standard InChI is InChI=1S/C38H44N6O6/c1-23-8-11-29(36(47)48)20-32(23)28-7-5-6-25(18-28)19-30(35(46)40-31-16-14-27(15-17-31)34-41-43-44-42-34)21-33(45)26-12-9-24(10-13-26)22-39-37(49)50-38(2,3)4/h5-8,11,14-18,20,24,26,30H,9-10,12-13,19,21-22H2,1-4H3,(H,39,49)(H,40,46)(H,47,48)(H,41,42,43,44)/t24?,26?,30-/m1/s1. The van der Waals surface area contributed by atoms with E-state index in [1.807, 2.05) is 52.0 Å². The van der Waals surface area contributed by atoms with Crippen molar-refractivity contribution >= 4 is 29.4 Å². The van der Waals surface area contributed by atoms with E-state index in [0.717, 1.165) is 40.7 Å². The summed E-state index contributed by atoms with van der Waals surface area (Å²) in [5.74, 6) is -1.33. The topological polar surface area (TPSA) is 176 Å². The van der Waals surface area contributed by atoms with Crippen LogP contribution in [-0.4, -0.2) is 61.6 Å². The Kier molecular flexibility index (Phi) is 11.4. The van der Waals surface area contributed by atoms with Crippen molar-refractivity contribution in [1.29, 1.82) is 0 Å². The molecular formula is C38H44N6O6. The minimum Gasteiger partial charge on any atom is -0.478 e. The summed E-state index contributed by atoms with van der Waals surface area (Å²) in [5.41, 5.74) is 4.36. The quantitative estimate of drug-likeness (QED) is 0.128. The monoisotopic (exact) mass is 680 g/mol.